The van der Waals surface area contributed by atoms with Crippen LogP contribution in [-0.2, 0) is 0 Å². The first kappa shape index (κ1) is 17.9. The van der Waals surface area contributed by atoms with Crippen molar-refractivity contribution in [2.24, 2.45) is 5.92 Å². The highest BCUT2D eigenvalue weighted by atomic mass is 16.3. The van der Waals surface area contributed by atoms with Crippen LogP contribution in [0.1, 0.15) is 53.4 Å². The Hall–Kier alpha value is -0.120. The van der Waals surface area contributed by atoms with Gasteiger partial charge in [-0.2, -0.15) is 0 Å². The van der Waals surface area contributed by atoms with Gasteiger partial charge in [-0.15, -0.1) is 0 Å². The van der Waals surface area contributed by atoms with E-state index in [0.29, 0.717) is 6.04 Å². The summed E-state index contributed by atoms with van der Waals surface area (Å²) in [7, 11) is 0. The van der Waals surface area contributed by atoms with Gasteiger partial charge in [-0.1, -0.05) is 40.5 Å². The van der Waals surface area contributed by atoms with Gasteiger partial charge < -0.3 is 15.3 Å². The fourth-order valence-corrected chi connectivity index (χ4v) is 2.32. The van der Waals surface area contributed by atoms with Gasteiger partial charge in [0.05, 0.1) is 0 Å². The van der Waals surface area contributed by atoms with Crippen LogP contribution in [0.5, 0.6) is 0 Å². The van der Waals surface area contributed by atoms with E-state index in [2.05, 4.69) is 37.9 Å². The molecule has 3 nitrogen and oxygen atoms in total. The maximum Gasteiger partial charge on any atom is 0.0446 e. The summed E-state index contributed by atoms with van der Waals surface area (Å²) in [5.41, 5.74) is 0. The lowest BCUT2D eigenvalue weighted by molar-refractivity contribution is 0.189. The van der Waals surface area contributed by atoms with Crippen LogP contribution in [0.2, 0.25) is 0 Å². The topological polar surface area (TPSA) is 35.5 Å². The van der Waals surface area contributed by atoms with Crippen molar-refractivity contribution in [1.29, 1.82) is 0 Å². The zero-order valence-corrected chi connectivity index (χ0v) is 12.9. The Morgan fingerprint density at radius 3 is 2.17 bits per heavy atom. The lowest BCUT2D eigenvalue weighted by atomic mass is 10.0. The number of likely N-dealkylation sites (N-methyl/N-ethyl adjacent to an activating group) is 1. The van der Waals surface area contributed by atoms with Crippen molar-refractivity contribution in [3.05, 3.63) is 0 Å². The van der Waals surface area contributed by atoms with Crippen molar-refractivity contribution < 1.29 is 5.11 Å². The molecular weight excluding hydrogens is 224 g/mol. The summed E-state index contributed by atoms with van der Waals surface area (Å²) in [5, 5.41) is 12.7. The van der Waals surface area contributed by atoms with E-state index in [1.54, 1.807) is 0 Å². The fraction of sp³-hybridized carbons (Fsp3) is 1.00. The van der Waals surface area contributed by atoms with Gasteiger partial charge in [-0.05, 0) is 31.8 Å². The summed E-state index contributed by atoms with van der Waals surface area (Å²) in [5.74, 6) is 0.811. The van der Waals surface area contributed by atoms with Crippen LogP contribution in [0.15, 0.2) is 0 Å². The molecule has 0 aromatic heterocycles. The van der Waals surface area contributed by atoms with Gasteiger partial charge in [0.2, 0.25) is 0 Å². The molecule has 0 heterocycles. The number of nitrogens with one attached hydrogen (secondary N) is 1. The first-order chi connectivity index (χ1) is 8.71. The molecule has 2 N–H and O–H groups in total. The molecule has 18 heavy (non-hydrogen) atoms. The van der Waals surface area contributed by atoms with Gasteiger partial charge in [-0.25, -0.2) is 0 Å². The van der Waals surface area contributed by atoms with Gasteiger partial charge in [0.25, 0.3) is 0 Å². The summed E-state index contributed by atoms with van der Waals surface area (Å²) >= 11 is 0. The average Bonchev–Trinajstić information content (AvgIpc) is 2.40. The number of rotatable bonds is 12. The van der Waals surface area contributed by atoms with Crippen LogP contribution in [0.4, 0.5) is 0 Å². The Kier molecular flexibility index (Phi) is 11.9. The Labute approximate surface area is 114 Å². The van der Waals surface area contributed by atoms with E-state index >= 15 is 0 Å². The normalized spacial score (nSPS) is 13.5. The van der Waals surface area contributed by atoms with Crippen molar-refractivity contribution in [2.45, 2.75) is 59.4 Å². The van der Waals surface area contributed by atoms with E-state index in [0.717, 1.165) is 38.4 Å². The molecule has 0 rings (SSSR count). The van der Waals surface area contributed by atoms with Gasteiger partial charge in [0.1, 0.15) is 0 Å². The van der Waals surface area contributed by atoms with Crippen LogP contribution >= 0.6 is 0 Å². The van der Waals surface area contributed by atoms with Crippen molar-refractivity contribution in [1.82, 2.24) is 10.2 Å². The van der Waals surface area contributed by atoms with Gasteiger partial charge in [0, 0.05) is 25.7 Å². The minimum absolute atomic E-state index is 0.282. The van der Waals surface area contributed by atoms with E-state index in [1.807, 2.05) is 0 Å². The first-order valence-corrected chi connectivity index (χ1v) is 7.78. The lowest BCUT2D eigenvalue weighted by Gasteiger charge is -2.29. The summed E-state index contributed by atoms with van der Waals surface area (Å²) < 4.78 is 0. The minimum Gasteiger partial charge on any atom is -0.396 e. The molecule has 0 radical (unpaired) electrons. The highest BCUT2D eigenvalue weighted by Crippen LogP contribution is 2.10. The molecule has 110 valence electrons. The Bertz CT molecular complexity index is 172. The molecule has 0 aromatic rings. The van der Waals surface area contributed by atoms with E-state index in [4.69, 9.17) is 5.11 Å². The van der Waals surface area contributed by atoms with E-state index in [1.165, 1.54) is 19.4 Å². The number of nitrogens with zero attached hydrogens (tertiary/aromatic N) is 1. The van der Waals surface area contributed by atoms with Crippen molar-refractivity contribution in [2.75, 3.05) is 32.8 Å². The highest BCUT2D eigenvalue weighted by Gasteiger charge is 2.15. The maximum absolute atomic E-state index is 9.14. The largest absolute Gasteiger partial charge is 0.396 e. The van der Waals surface area contributed by atoms with Gasteiger partial charge in [0.15, 0.2) is 0 Å². The minimum atomic E-state index is 0.282. The molecule has 0 amide bonds. The first-order valence-electron chi connectivity index (χ1n) is 7.78. The predicted molar refractivity (Wildman–Crippen MR) is 80.0 cm³/mol. The summed E-state index contributed by atoms with van der Waals surface area (Å²) in [4.78, 5) is 2.53. The fourth-order valence-electron chi connectivity index (χ4n) is 2.32. The zero-order chi connectivity index (χ0) is 13.8. The van der Waals surface area contributed by atoms with Crippen molar-refractivity contribution in [3.8, 4) is 0 Å². The molecule has 1 atom stereocenters. The van der Waals surface area contributed by atoms with Crippen LogP contribution < -0.4 is 5.32 Å². The second-order valence-corrected chi connectivity index (χ2v) is 5.20. The molecule has 0 bridgehead atoms. The van der Waals surface area contributed by atoms with E-state index in [-0.39, 0.29) is 6.61 Å². The highest BCUT2D eigenvalue weighted by molar-refractivity contribution is 4.73. The molecule has 0 aliphatic carbocycles. The molecule has 0 spiro atoms. The Morgan fingerprint density at radius 1 is 1.06 bits per heavy atom. The molecule has 0 aliphatic rings. The molecule has 0 fully saturated rings. The molecule has 3 heteroatoms. The van der Waals surface area contributed by atoms with Crippen molar-refractivity contribution in [3.63, 3.8) is 0 Å². The monoisotopic (exact) mass is 258 g/mol. The predicted octanol–water partition coefficient (Wildman–Crippen LogP) is 2.50. The molecule has 0 saturated heterocycles. The van der Waals surface area contributed by atoms with Crippen LogP contribution in [0, 0.1) is 5.92 Å². The third-order valence-electron chi connectivity index (χ3n) is 3.76. The summed E-state index contributed by atoms with van der Waals surface area (Å²) in [6.45, 7) is 13.7. The molecular formula is C15H34N2O. The third-order valence-corrected chi connectivity index (χ3v) is 3.76. The number of aliphatic hydroxyl groups is 1. The van der Waals surface area contributed by atoms with Crippen LogP contribution in [-0.4, -0.2) is 48.8 Å². The zero-order valence-electron chi connectivity index (χ0n) is 12.9. The maximum atomic E-state index is 9.14. The van der Waals surface area contributed by atoms with Gasteiger partial charge >= 0.3 is 0 Å². The van der Waals surface area contributed by atoms with Gasteiger partial charge in [-0.3, -0.25) is 0 Å². The number of hydrogen-bond donors (Lipinski definition) is 2. The van der Waals surface area contributed by atoms with Crippen LogP contribution in [0.3, 0.4) is 0 Å². The quantitative estimate of drug-likeness (QED) is 0.564. The molecule has 0 saturated carbocycles. The number of aliphatic hydroxyl groups excluding tert-OH is 1. The lowest BCUT2D eigenvalue weighted by Crippen LogP contribution is -2.43. The summed E-state index contributed by atoms with van der Waals surface area (Å²) in [6, 6.07) is 0.435. The number of hydrogen-bond acceptors (Lipinski definition) is 3. The molecule has 0 aromatic carbocycles. The van der Waals surface area contributed by atoms with Crippen LogP contribution in [0.25, 0.3) is 0 Å². The SMILES string of the molecule is CCCNC(CCO)CN(CC)CC(CC)CC. The Balaban J connectivity index is 4.17. The summed E-state index contributed by atoms with van der Waals surface area (Å²) in [6.07, 6.45) is 4.54. The van der Waals surface area contributed by atoms with Crippen molar-refractivity contribution >= 4 is 0 Å². The molecule has 0 aliphatic heterocycles. The average molecular weight is 258 g/mol. The Morgan fingerprint density at radius 2 is 1.72 bits per heavy atom. The molecule has 1 unspecified atom stereocenters. The van der Waals surface area contributed by atoms with E-state index < -0.39 is 0 Å². The third kappa shape index (κ3) is 8.06. The standard InChI is InChI=1S/C15H34N2O/c1-5-10-16-15(9-11-18)13-17(8-4)12-14(6-2)7-3/h14-16,18H,5-13H2,1-4H3. The smallest absolute Gasteiger partial charge is 0.0446 e. The second-order valence-electron chi connectivity index (χ2n) is 5.20. The second kappa shape index (κ2) is 11.9. The van der Waals surface area contributed by atoms with E-state index in [9.17, 15) is 0 Å².